The number of halogens is 5. The van der Waals surface area contributed by atoms with Gasteiger partial charge in [0.2, 0.25) is 5.91 Å². The van der Waals surface area contributed by atoms with Gasteiger partial charge in [-0.1, -0.05) is 26.0 Å². The maximum Gasteiger partial charge on any atom is 0.253 e. The molecule has 3 aromatic rings. The molecular weight excluding hydrogens is 541 g/mol. The molecule has 1 aliphatic carbocycles. The van der Waals surface area contributed by atoms with Crippen LogP contribution in [0.2, 0.25) is 0 Å². The summed E-state index contributed by atoms with van der Waals surface area (Å²) in [6.07, 6.45) is 2.53. The van der Waals surface area contributed by atoms with E-state index in [1.807, 2.05) is 0 Å². The van der Waals surface area contributed by atoms with Gasteiger partial charge in [0.05, 0.1) is 17.3 Å². The largest absolute Gasteiger partial charge is 0.366 e. The molecule has 218 valence electrons. The lowest BCUT2D eigenvalue weighted by Crippen LogP contribution is -2.34. The quantitative estimate of drug-likeness (QED) is 0.235. The summed E-state index contributed by atoms with van der Waals surface area (Å²) in [5, 5.41) is 2.86. The zero-order valence-electron chi connectivity index (χ0n) is 22.8. The molecule has 0 bridgehead atoms. The van der Waals surface area contributed by atoms with Crippen LogP contribution < -0.4 is 11.1 Å². The highest BCUT2D eigenvalue weighted by atomic mass is 19.3. The molecule has 3 N–H and O–H groups in total. The van der Waals surface area contributed by atoms with Crippen LogP contribution in [-0.2, 0) is 11.2 Å². The van der Waals surface area contributed by atoms with Crippen LogP contribution in [0.15, 0.2) is 54.7 Å². The molecule has 0 aliphatic heterocycles. The second kappa shape index (κ2) is 12.4. The van der Waals surface area contributed by atoms with Gasteiger partial charge in [-0.15, -0.1) is 0 Å². The number of hydrogen-bond acceptors (Lipinski definition) is 3. The van der Waals surface area contributed by atoms with Gasteiger partial charge in [0.25, 0.3) is 11.8 Å². The van der Waals surface area contributed by atoms with Gasteiger partial charge < -0.3 is 11.1 Å². The third kappa shape index (κ3) is 7.48. The molecule has 0 saturated heterocycles. The van der Waals surface area contributed by atoms with Crippen LogP contribution in [0.3, 0.4) is 0 Å². The van der Waals surface area contributed by atoms with Crippen LogP contribution in [0, 0.1) is 35.2 Å². The molecule has 1 heterocycles. The lowest BCUT2D eigenvalue weighted by atomic mass is 9.88. The Kier molecular flexibility index (Phi) is 9.09. The summed E-state index contributed by atoms with van der Waals surface area (Å²) in [7, 11) is 0. The summed E-state index contributed by atoms with van der Waals surface area (Å²) in [6.45, 7) is 3.23. The van der Waals surface area contributed by atoms with E-state index in [0.29, 0.717) is 29.7 Å². The summed E-state index contributed by atoms with van der Waals surface area (Å²) in [4.78, 5) is 29.4. The first-order valence-corrected chi connectivity index (χ1v) is 13.5. The van der Waals surface area contributed by atoms with Crippen molar-refractivity contribution in [3.8, 4) is 11.1 Å². The number of hydrogen-bond donors (Lipinski definition) is 2. The summed E-state index contributed by atoms with van der Waals surface area (Å²) >= 11 is 0. The van der Waals surface area contributed by atoms with E-state index < -0.39 is 53.1 Å². The third-order valence-electron chi connectivity index (χ3n) is 7.48. The number of aromatic nitrogens is 1. The number of carbonyl (C=O) groups is 2. The minimum Gasteiger partial charge on any atom is -0.366 e. The average Bonchev–Trinajstić information content (AvgIpc) is 3.74. The van der Waals surface area contributed by atoms with E-state index in [2.05, 4.69) is 10.3 Å². The second-order valence-electron chi connectivity index (χ2n) is 11.0. The number of amides is 2. The SMILES string of the molecule is CC(CC(=O)NC(Cc1cc(F)cc(F)c1)c1ncccc1-c1ccc(F)c(C(N)=O)c1)CC(C)C(F)(F)C1CC1. The molecule has 10 heteroatoms. The molecule has 1 aliphatic rings. The number of nitrogens with one attached hydrogen (secondary N) is 1. The van der Waals surface area contributed by atoms with E-state index >= 15 is 0 Å². The van der Waals surface area contributed by atoms with Crippen molar-refractivity contribution in [1.82, 2.24) is 10.3 Å². The third-order valence-corrected chi connectivity index (χ3v) is 7.48. The molecular formula is C31H32F5N3O2. The van der Waals surface area contributed by atoms with Gasteiger partial charge in [-0.2, -0.15) is 0 Å². The molecule has 0 radical (unpaired) electrons. The van der Waals surface area contributed by atoms with Crippen LogP contribution in [0.1, 0.15) is 67.2 Å². The standard InChI is InChI=1S/C31H32F5N3O2/c1-17(10-18(2)31(35,36)21-6-7-21)11-28(40)39-27(14-19-12-22(32)16-23(33)13-19)29-24(4-3-9-38-29)20-5-8-26(34)25(15-20)30(37)41/h3-5,8-9,12-13,15-18,21,27H,6-7,10-11,14H2,1-2H3,(H2,37,41)(H,39,40). The predicted octanol–water partition coefficient (Wildman–Crippen LogP) is 6.76. The van der Waals surface area contributed by atoms with Crippen molar-refractivity contribution in [3.63, 3.8) is 0 Å². The van der Waals surface area contributed by atoms with Crippen molar-refractivity contribution in [2.45, 2.75) is 57.9 Å². The fourth-order valence-electron chi connectivity index (χ4n) is 5.29. The van der Waals surface area contributed by atoms with Crippen LogP contribution in [0.5, 0.6) is 0 Å². The van der Waals surface area contributed by atoms with Gasteiger partial charge in [0.15, 0.2) is 0 Å². The van der Waals surface area contributed by atoms with Crippen molar-refractivity contribution in [1.29, 1.82) is 0 Å². The van der Waals surface area contributed by atoms with Crippen LogP contribution in [-0.4, -0.2) is 22.7 Å². The highest BCUT2D eigenvalue weighted by molar-refractivity contribution is 5.94. The summed E-state index contributed by atoms with van der Waals surface area (Å²) < 4.78 is 71.2. The number of primary amides is 1. The van der Waals surface area contributed by atoms with Crippen LogP contribution in [0.25, 0.3) is 11.1 Å². The summed E-state index contributed by atoms with van der Waals surface area (Å²) in [5.41, 5.74) is 6.34. The number of nitrogens with zero attached hydrogens (tertiary/aromatic N) is 1. The Morgan fingerprint density at radius 1 is 1.05 bits per heavy atom. The van der Waals surface area contributed by atoms with Gasteiger partial charge in [-0.25, -0.2) is 22.0 Å². The summed E-state index contributed by atoms with van der Waals surface area (Å²) in [6, 6.07) is 9.13. The minimum atomic E-state index is -2.78. The summed E-state index contributed by atoms with van der Waals surface area (Å²) in [5.74, 6) is -8.44. The van der Waals surface area contributed by atoms with Crippen molar-refractivity contribution < 1.29 is 31.5 Å². The zero-order valence-corrected chi connectivity index (χ0v) is 22.8. The number of nitrogens with two attached hydrogens (primary N) is 1. The average molecular weight is 574 g/mol. The van der Waals surface area contributed by atoms with Crippen molar-refractivity contribution >= 4 is 11.8 Å². The lowest BCUT2D eigenvalue weighted by Gasteiger charge is -2.26. The molecule has 41 heavy (non-hydrogen) atoms. The minimum absolute atomic E-state index is 0.0519. The first-order valence-electron chi connectivity index (χ1n) is 13.5. The van der Waals surface area contributed by atoms with E-state index in [1.165, 1.54) is 25.3 Å². The molecule has 2 amide bonds. The Hall–Kier alpha value is -3.82. The van der Waals surface area contributed by atoms with Gasteiger partial charge in [-0.3, -0.25) is 14.6 Å². The Labute approximate surface area is 235 Å². The van der Waals surface area contributed by atoms with Gasteiger partial charge >= 0.3 is 0 Å². The molecule has 1 fully saturated rings. The predicted molar refractivity (Wildman–Crippen MR) is 144 cm³/mol. The van der Waals surface area contributed by atoms with Gasteiger partial charge in [0.1, 0.15) is 17.5 Å². The second-order valence-corrected chi connectivity index (χ2v) is 11.0. The Bertz CT molecular complexity index is 1410. The molecule has 2 aromatic carbocycles. The number of benzene rings is 2. The number of carbonyl (C=O) groups excluding carboxylic acids is 2. The number of alkyl halides is 2. The fraction of sp³-hybridized carbons (Fsp3) is 0.387. The maximum atomic E-state index is 14.5. The lowest BCUT2D eigenvalue weighted by molar-refractivity contribution is -0.123. The van der Waals surface area contributed by atoms with Crippen LogP contribution >= 0.6 is 0 Å². The molecule has 0 spiro atoms. The van der Waals surface area contributed by atoms with E-state index in [0.717, 1.165) is 24.3 Å². The van der Waals surface area contributed by atoms with Gasteiger partial charge in [-0.05, 0) is 73.1 Å². The van der Waals surface area contributed by atoms with E-state index in [-0.39, 0.29) is 36.3 Å². The molecule has 1 saturated carbocycles. The van der Waals surface area contributed by atoms with Gasteiger partial charge in [0, 0.05) is 36.1 Å². The Morgan fingerprint density at radius 3 is 2.37 bits per heavy atom. The van der Waals surface area contributed by atoms with Crippen molar-refractivity contribution in [3.05, 3.63) is 89.0 Å². The molecule has 5 nitrogen and oxygen atoms in total. The molecule has 4 rings (SSSR count). The number of rotatable bonds is 12. The molecule has 3 unspecified atom stereocenters. The van der Waals surface area contributed by atoms with E-state index in [1.54, 1.807) is 19.1 Å². The smallest absolute Gasteiger partial charge is 0.253 e. The number of pyridine rings is 1. The molecule has 1 aromatic heterocycles. The van der Waals surface area contributed by atoms with E-state index in [4.69, 9.17) is 5.73 Å². The molecule has 3 atom stereocenters. The Balaban J connectivity index is 1.62. The maximum absolute atomic E-state index is 14.5. The fourth-order valence-corrected chi connectivity index (χ4v) is 5.29. The zero-order chi connectivity index (χ0) is 29.9. The normalized spacial score (nSPS) is 15.7. The monoisotopic (exact) mass is 573 g/mol. The topological polar surface area (TPSA) is 85.1 Å². The van der Waals surface area contributed by atoms with Crippen molar-refractivity contribution in [2.24, 2.45) is 23.5 Å². The van der Waals surface area contributed by atoms with Crippen LogP contribution in [0.4, 0.5) is 22.0 Å². The first-order chi connectivity index (χ1) is 19.3. The van der Waals surface area contributed by atoms with E-state index in [9.17, 15) is 31.5 Å². The first kappa shape index (κ1) is 30.1. The highest BCUT2D eigenvalue weighted by Crippen LogP contribution is 2.49. The highest BCUT2D eigenvalue weighted by Gasteiger charge is 2.50. The Morgan fingerprint density at radius 2 is 1.73 bits per heavy atom. The van der Waals surface area contributed by atoms with Crippen molar-refractivity contribution in [2.75, 3.05) is 0 Å².